The van der Waals surface area contributed by atoms with E-state index in [2.05, 4.69) is 18.0 Å². The van der Waals surface area contributed by atoms with Gasteiger partial charge in [-0.2, -0.15) is 13.2 Å². The van der Waals surface area contributed by atoms with Gasteiger partial charge in [-0.3, -0.25) is 14.6 Å². The number of aromatic nitrogens is 1. The fourth-order valence-electron chi connectivity index (χ4n) is 5.13. The zero-order chi connectivity index (χ0) is 24.2. The van der Waals surface area contributed by atoms with E-state index in [1.807, 2.05) is 17.0 Å². The number of pyridine rings is 1. The van der Waals surface area contributed by atoms with Gasteiger partial charge in [-0.25, -0.2) is 0 Å². The van der Waals surface area contributed by atoms with E-state index in [0.29, 0.717) is 17.8 Å². The maximum atomic E-state index is 13.0. The van der Waals surface area contributed by atoms with Gasteiger partial charge in [-0.1, -0.05) is 42.8 Å². The monoisotopic (exact) mass is 464 g/mol. The summed E-state index contributed by atoms with van der Waals surface area (Å²) in [5, 5.41) is 0. The maximum absolute atomic E-state index is 13.0. The van der Waals surface area contributed by atoms with Gasteiger partial charge in [0, 0.05) is 37.7 Å². The minimum atomic E-state index is -4.45. The second-order valence-electron chi connectivity index (χ2n) is 9.03. The number of carbonyl (C=O) groups excluding carboxylic acids is 2. The Hall–Kier alpha value is -3.48. The molecule has 0 spiro atoms. The lowest BCUT2D eigenvalue weighted by atomic mass is 9.85. The lowest BCUT2D eigenvalue weighted by molar-refractivity contribution is -0.137. The van der Waals surface area contributed by atoms with Gasteiger partial charge in [0.1, 0.15) is 0 Å². The van der Waals surface area contributed by atoms with E-state index in [4.69, 9.17) is 0 Å². The van der Waals surface area contributed by atoms with Crippen LogP contribution in [0.4, 0.5) is 13.2 Å². The number of benzene rings is 1. The molecule has 1 amide bonds. The molecule has 2 aliphatic carbocycles. The number of fused-ring (bicyclic) bond motifs is 2. The molecule has 0 bridgehead atoms. The molecule has 0 radical (unpaired) electrons. The molecule has 1 aromatic heterocycles. The van der Waals surface area contributed by atoms with Crippen molar-refractivity contribution in [3.8, 4) is 0 Å². The number of ketones is 1. The molecule has 5 rings (SSSR count). The number of halogens is 3. The van der Waals surface area contributed by atoms with Gasteiger partial charge in [0.25, 0.3) is 0 Å². The fraction of sp³-hybridized carbons (Fsp3) is 0.296. The van der Waals surface area contributed by atoms with Crippen molar-refractivity contribution in [1.29, 1.82) is 0 Å². The smallest absolute Gasteiger partial charge is 0.338 e. The summed E-state index contributed by atoms with van der Waals surface area (Å²) in [4.78, 5) is 30.6. The summed E-state index contributed by atoms with van der Waals surface area (Å²) in [5.41, 5.74) is 5.78. The van der Waals surface area contributed by atoms with E-state index in [1.54, 1.807) is 19.1 Å². The molecule has 2 heterocycles. The first-order valence-electron chi connectivity index (χ1n) is 11.2. The van der Waals surface area contributed by atoms with Crippen LogP contribution in [0.15, 0.2) is 60.3 Å². The number of alkyl halides is 3. The van der Waals surface area contributed by atoms with Crippen LogP contribution in [-0.4, -0.2) is 34.7 Å². The zero-order valence-electron chi connectivity index (χ0n) is 18.8. The Balaban J connectivity index is 1.38. The van der Waals surface area contributed by atoms with Crippen molar-refractivity contribution < 1.29 is 22.8 Å². The van der Waals surface area contributed by atoms with Crippen molar-refractivity contribution in [1.82, 2.24) is 9.88 Å². The Bertz CT molecular complexity index is 1290. The summed E-state index contributed by atoms with van der Waals surface area (Å²) in [6, 6.07) is 8.33. The van der Waals surface area contributed by atoms with Crippen LogP contribution >= 0.6 is 0 Å². The van der Waals surface area contributed by atoms with Crippen LogP contribution in [0.25, 0.3) is 11.1 Å². The van der Waals surface area contributed by atoms with Crippen LogP contribution in [0.2, 0.25) is 0 Å². The van der Waals surface area contributed by atoms with Crippen molar-refractivity contribution in [2.75, 3.05) is 13.1 Å². The average Bonchev–Trinajstić information content (AvgIpc) is 3.09. The van der Waals surface area contributed by atoms with Gasteiger partial charge in [0.2, 0.25) is 5.91 Å². The third kappa shape index (κ3) is 3.79. The first-order valence-corrected chi connectivity index (χ1v) is 11.2. The molecule has 4 nitrogen and oxygen atoms in total. The molecule has 34 heavy (non-hydrogen) atoms. The van der Waals surface area contributed by atoms with E-state index >= 15 is 0 Å². The zero-order valence-corrected chi connectivity index (χ0v) is 18.8. The van der Waals surface area contributed by atoms with Crippen molar-refractivity contribution in [3.63, 3.8) is 0 Å². The number of hydrogen-bond acceptors (Lipinski definition) is 3. The summed E-state index contributed by atoms with van der Waals surface area (Å²) in [7, 11) is 0. The van der Waals surface area contributed by atoms with Crippen LogP contribution in [0.5, 0.6) is 0 Å². The van der Waals surface area contributed by atoms with Gasteiger partial charge >= 0.3 is 6.18 Å². The Morgan fingerprint density at radius 1 is 1.18 bits per heavy atom. The lowest BCUT2D eigenvalue weighted by Gasteiger charge is -2.28. The number of carbonyl (C=O) groups is 2. The van der Waals surface area contributed by atoms with Crippen LogP contribution in [0.1, 0.15) is 60.1 Å². The van der Waals surface area contributed by atoms with Crippen LogP contribution in [0, 0.1) is 0 Å². The van der Waals surface area contributed by atoms with Gasteiger partial charge < -0.3 is 4.90 Å². The molecule has 0 saturated carbocycles. The van der Waals surface area contributed by atoms with E-state index in [9.17, 15) is 22.8 Å². The molecule has 0 fully saturated rings. The topological polar surface area (TPSA) is 50.3 Å². The molecule has 1 aromatic carbocycles. The number of amides is 1. The highest BCUT2D eigenvalue weighted by Crippen LogP contribution is 2.46. The van der Waals surface area contributed by atoms with Crippen molar-refractivity contribution in [2.45, 2.75) is 38.3 Å². The van der Waals surface area contributed by atoms with Crippen LogP contribution in [-0.2, 0) is 15.8 Å². The Kier molecular flexibility index (Phi) is 5.30. The number of nitrogens with zero attached hydrogens (tertiary/aromatic N) is 2. The molecule has 174 valence electrons. The summed E-state index contributed by atoms with van der Waals surface area (Å²) in [6.07, 6.45) is 2.16. The molecule has 0 N–H and O–H groups in total. The van der Waals surface area contributed by atoms with Crippen molar-refractivity contribution >= 4 is 22.8 Å². The first-order chi connectivity index (χ1) is 16.1. The third-order valence-electron chi connectivity index (χ3n) is 7.04. The molecule has 2 atom stereocenters. The van der Waals surface area contributed by atoms with E-state index in [0.717, 1.165) is 36.4 Å². The quantitative estimate of drug-likeness (QED) is 0.587. The molecule has 1 aliphatic heterocycles. The van der Waals surface area contributed by atoms with Crippen molar-refractivity contribution in [2.24, 2.45) is 0 Å². The molecular weight excluding hydrogens is 441 g/mol. The molecule has 2 unspecified atom stereocenters. The standard InChI is InChI=1S/C27H23F3N2O2/c1-15-20-9-10-32(16(2)33)14-24(20)22-7-3-17(11-23(15)22)21-6-4-18(12-26(21)34)25-8-5-19(13-31-25)27(28,29)30/h3-8,11-13,15,21H,9-10,14H2,1-2H3. The number of allylic oxidation sites excluding steroid dienone is 4. The van der Waals surface area contributed by atoms with E-state index in [-0.39, 0.29) is 17.6 Å². The highest BCUT2D eigenvalue weighted by Gasteiger charge is 2.34. The SMILES string of the molecule is CC(=O)N1CCC2=C(C1)c1ccc(C3C=CC(c4ccc(C(F)(F)F)cn4)=CC3=O)cc1C2C. The third-order valence-corrected chi connectivity index (χ3v) is 7.04. The second kappa shape index (κ2) is 8.08. The normalized spacial score (nSPS) is 22.0. The highest BCUT2D eigenvalue weighted by molar-refractivity contribution is 6.06. The number of rotatable bonds is 2. The molecular formula is C27H23F3N2O2. The second-order valence-corrected chi connectivity index (χ2v) is 9.03. The van der Waals surface area contributed by atoms with Gasteiger partial charge in [0.05, 0.1) is 17.2 Å². The summed E-state index contributed by atoms with van der Waals surface area (Å²) < 4.78 is 38.4. The Morgan fingerprint density at radius 3 is 2.62 bits per heavy atom. The molecule has 3 aliphatic rings. The van der Waals surface area contributed by atoms with Gasteiger partial charge in [-0.15, -0.1) is 0 Å². The van der Waals surface area contributed by atoms with Gasteiger partial charge in [-0.05, 0) is 46.9 Å². The van der Waals surface area contributed by atoms with E-state index in [1.165, 1.54) is 28.9 Å². The minimum absolute atomic E-state index is 0.0762. The largest absolute Gasteiger partial charge is 0.417 e. The van der Waals surface area contributed by atoms with E-state index < -0.39 is 17.7 Å². The first kappa shape index (κ1) is 22.3. The summed E-state index contributed by atoms with van der Waals surface area (Å²) >= 11 is 0. The van der Waals surface area contributed by atoms with Crippen molar-refractivity contribution in [3.05, 3.63) is 88.3 Å². The van der Waals surface area contributed by atoms with Gasteiger partial charge in [0.15, 0.2) is 5.78 Å². The fourth-order valence-corrected chi connectivity index (χ4v) is 5.13. The Morgan fingerprint density at radius 2 is 1.97 bits per heavy atom. The summed E-state index contributed by atoms with van der Waals surface area (Å²) in [5.74, 6) is -0.274. The lowest BCUT2D eigenvalue weighted by Crippen LogP contribution is -2.34. The highest BCUT2D eigenvalue weighted by atomic mass is 19.4. The van der Waals surface area contributed by atoms with Crippen LogP contribution in [0.3, 0.4) is 0 Å². The number of hydrogen-bond donors (Lipinski definition) is 0. The molecule has 0 saturated heterocycles. The predicted molar refractivity (Wildman–Crippen MR) is 123 cm³/mol. The van der Waals surface area contributed by atoms with Crippen LogP contribution < -0.4 is 0 Å². The average molecular weight is 464 g/mol. The predicted octanol–water partition coefficient (Wildman–Crippen LogP) is 5.53. The Labute approximate surface area is 195 Å². The minimum Gasteiger partial charge on any atom is -0.338 e. The summed E-state index contributed by atoms with van der Waals surface area (Å²) in [6.45, 7) is 5.11. The molecule has 7 heteroatoms. The molecule has 2 aromatic rings. The maximum Gasteiger partial charge on any atom is 0.417 e.